The van der Waals surface area contributed by atoms with Crippen LogP contribution in [-0.2, 0) is 9.59 Å². The average Bonchev–Trinajstić information content (AvgIpc) is 2.84. The van der Waals surface area contributed by atoms with Gasteiger partial charge >= 0.3 is 0 Å². The number of carbonyl (C=O) groups is 3. The first-order valence-electron chi connectivity index (χ1n) is 8.00. The summed E-state index contributed by atoms with van der Waals surface area (Å²) in [5, 5.41) is 3.22. The molecule has 2 unspecified atom stereocenters. The van der Waals surface area contributed by atoms with Gasteiger partial charge in [-0.2, -0.15) is 0 Å². The molecule has 0 spiro atoms. The summed E-state index contributed by atoms with van der Waals surface area (Å²) in [6.45, 7) is 4.74. The van der Waals surface area contributed by atoms with Gasteiger partial charge in [0, 0.05) is 37.1 Å². The van der Waals surface area contributed by atoms with Crippen LogP contribution in [0.4, 0.5) is 0 Å². The predicted molar refractivity (Wildman–Crippen MR) is 89.8 cm³/mol. The van der Waals surface area contributed by atoms with Crippen LogP contribution in [0.2, 0.25) is 5.02 Å². The van der Waals surface area contributed by atoms with Crippen molar-refractivity contribution in [2.75, 3.05) is 19.6 Å². The van der Waals surface area contributed by atoms with Crippen LogP contribution in [0.15, 0.2) is 18.2 Å². The second kappa shape index (κ2) is 6.43. The number of rotatable bonds is 2. The molecule has 0 radical (unpaired) electrons. The van der Waals surface area contributed by atoms with E-state index in [1.807, 2.05) is 13.0 Å². The van der Waals surface area contributed by atoms with Gasteiger partial charge in [-0.25, -0.2) is 0 Å². The van der Waals surface area contributed by atoms with Gasteiger partial charge in [-0.15, -0.1) is 0 Å². The molecule has 0 saturated carbocycles. The molecule has 2 heterocycles. The quantitative estimate of drug-likeness (QED) is 0.872. The van der Waals surface area contributed by atoms with E-state index in [-0.39, 0.29) is 23.8 Å². The normalized spacial score (nSPS) is 23.2. The van der Waals surface area contributed by atoms with Crippen molar-refractivity contribution in [3.8, 4) is 0 Å². The Balaban J connectivity index is 1.73. The van der Waals surface area contributed by atoms with Crippen LogP contribution >= 0.6 is 11.6 Å². The van der Waals surface area contributed by atoms with Crippen molar-refractivity contribution in [1.29, 1.82) is 0 Å². The molecule has 0 bridgehead atoms. The highest BCUT2D eigenvalue weighted by molar-refractivity contribution is 6.31. The number of carbonyl (C=O) groups excluding carboxylic acids is 3. The van der Waals surface area contributed by atoms with Gasteiger partial charge in [0.15, 0.2) is 0 Å². The number of fused-ring (bicyclic) bond motifs is 1. The SMILES string of the molecule is CC(=O)NC1CC2CN(C(=O)c3cc(Cl)ccc3C)CCN2C1=O. The molecule has 1 aromatic carbocycles. The number of benzene rings is 1. The zero-order valence-electron chi connectivity index (χ0n) is 13.7. The van der Waals surface area contributed by atoms with E-state index >= 15 is 0 Å². The van der Waals surface area contributed by atoms with Crippen LogP contribution in [0.5, 0.6) is 0 Å². The summed E-state index contributed by atoms with van der Waals surface area (Å²) in [6.07, 6.45) is 0.538. The van der Waals surface area contributed by atoms with Crippen molar-refractivity contribution in [3.05, 3.63) is 34.3 Å². The minimum atomic E-state index is -0.476. The van der Waals surface area contributed by atoms with Crippen LogP contribution in [-0.4, -0.2) is 59.2 Å². The Morgan fingerprint density at radius 3 is 2.75 bits per heavy atom. The second-order valence-corrected chi connectivity index (χ2v) is 6.82. The first kappa shape index (κ1) is 16.8. The highest BCUT2D eigenvalue weighted by Gasteiger charge is 2.43. The number of amides is 3. The summed E-state index contributed by atoms with van der Waals surface area (Å²) in [7, 11) is 0. The highest BCUT2D eigenvalue weighted by Crippen LogP contribution is 2.25. The minimum absolute atomic E-state index is 0.0495. The van der Waals surface area contributed by atoms with Crippen molar-refractivity contribution in [3.63, 3.8) is 0 Å². The third-order valence-electron chi connectivity index (χ3n) is 4.67. The molecule has 3 amide bonds. The van der Waals surface area contributed by atoms with E-state index in [1.165, 1.54) is 6.92 Å². The van der Waals surface area contributed by atoms with Gasteiger partial charge in [0.2, 0.25) is 11.8 Å². The maximum atomic E-state index is 12.8. The van der Waals surface area contributed by atoms with E-state index in [1.54, 1.807) is 21.9 Å². The zero-order valence-corrected chi connectivity index (χ0v) is 14.5. The van der Waals surface area contributed by atoms with Crippen LogP contribution in [0, 0.1) is 6.92 Å². The average molecular weight is 350 g/mol. The largest absolute Gasteiger partial charge is 0.344 e. The summed E-state index contributed by atoms with van der Waals surface area (Å²) in [5.74, 6) is -0.331. The molecule has 128 valence electrons. The van der Waals surface area contributed by atoms with Crippen LogP contribution < -0.4 is 5.32 Å². The molecule has 0 aliphatic carbocycles. The molecule has 6 nitrogen and oxygen atoms in total. The molecule has 2 aliphatic heterocycles. The van der Waals surface area contributed by atoms with E-state index in [9.17, 15) is 14.4 Å². The Kier molecular flexibility index (Phi) is 4.49. The molecule has 1 N–H and O–H groups in total. The predicted octanol–water partition coefficient (Wildman–Crippen LogP) is 1.21. The molecule has 24 heavy (non-hydrogen) atoms. The number of piperazine rings is 1. The molecule has 2 saturated heterocycles. The van der Waals surface area contributed by atoms with Crippen LogP contribution in [0.25, 0.3) is 0 Å². The Morgan fingerprint density at radius 2 is 2.04 bits per heavy atom. The van der Waals surface area contributed by atoms with Gasteiger partial charge in [-0.1, -0.05) is 17.7 Å². The van der Waals surface area contributed by atoms with Crippen LogP contribution in [0.3, 0.4) is 0 Å². The number of nitrogens with one attached hydrogen (secondary N) is 1. The van der Waals surface area contributed by atoms with Crippen molar-refractivity contribution >= 4 is 29.3 Å². The number of nitrogens with zero attached hydrogens (tertiary/aromatic N) is 2. The summed E-state index contributed by atoms with van der Waals surface area (Å²) >= 11 is 6.01. The molecule has 2 aliphatic rings. The smallest absolute Gasteiger partial charge is 0.254 e. The lowest BCUT2D eigenvalue weighted by Crippen LogP contribution is -2.53. The molecule has 1 aromatic rings. The Hall–Kier alpha value is -2.08. The third-order valence-corrected chi connectivity index (χ3v) is 4.90. The fraction of sp³-hybridized carbons (Fsp3) is 0.471. The van der Waals surface area contributed by atoms with Crippen molar-refractivity contribution in [2.24, 2.45) is 0 Å². The number of hydrogen-bond acceptors (Lipinski definition) is 3. The summed E-state index contributed by atoms with van der Waals surface area (Å²) in [6, 6.07) is 4.75. The van der Waals surface area contributed by atoms with Gasteiger partial charge in [-0.3, -0.25) is 14.4 Å². The number of aryl methyl sites for hydroxylation is 1. The minimum Gasteiger partial charge on any atom is -0.344 e. The van der Waals surface area contributed by atoms with E-state index in [4.69, 9.17) is 11.6 Å². The zero-order chi connectivity index (χ0) is 17.4. The standard InChI is InChI=1S/C17H20ClN3O3/c1-10-3-4-12(18)7-14(10)16(23)20-5-6-21-13(9-20)8-15(17(21)24)19-11(2)22/h3-4,7,13,15H,5-6,8-9H2,1-2H3,(H,19,22). The van der Waals surface area contributed by atoms with Crippen molar-refractivity contribution in [1.82, 2.24) is 15.1 Å². The van der Waals surface area contributed by atoms with E-state index in [0.717, 1.165) is 5.56 Å². The maximum absolute atomic E-state index is 12.8. The molecular formula is C17H20ClN3O3. The van der Waals surface area contributed by atoms with Crippen LogP contribution in [0.1, 0.15) is 29.3 Å². The lowest BCUT2D eigenvalue weighted by Gasteiger charge is -2.37. The lowest BCUT2D eigenvalue weighted by atomic mass is 10.1. The van der Waals surface area contributed by atoms with E-state index in [2.05, 4.69) is 5.32 Å². The van der Waals surface area contributed by atoms with Gasteiger partial charge in [0.25, 0.3) is 5.91 Å². The first-order valence-corrected chi connectivity index (χ1v) is 8.37. The fourth-order valence-corrected chi connectivity index (χ4v) is 3.64. The lowest BCUT2D eigenvalue weighted by molar-refractivity contribution is -0.134. The Morgan fingerprint density at radius 1 is 1.29 bits per heavy atom. The molecule has 7 heteroatoms. The van der Waals surface area contributed by atoms with Crippen molar-refractivity contribution < 1.29 is 14.4 Å². The number of halogens is 1. The summed E-state index contributed by atoms with van der Waals surface area (Å²) < 4.78 is 0. The second-order valence-electron chi connectivity index (χ2n) is 6.38. The molecule has 3 rings (SSSR count). The molecule has 0 aromatic heterocycles. The summed E-state index contributed by atoms with van der Waals surface area (Å²) in [4.78, 5) is 39.9. The molecular weight excluding hydrogens is 330 g/mol. The Bertz CT molecular complexity index is 706. The third kappa shape index (κ3) is 3.11. The van der Waals surface area contributed by atoms with Gasteiger partial charge in [-0.05, 0) is 31.0 Å². The van der Waals surface area contributed by atoms with E-state index in [0.29, 0.717) is 36.6 Å². The number of hydrogen-bond donors (Lipinski definition) is 1. The van der Waals surface area contributed by atoms with Gasteiger partial charge < -0.3 is 15.1 Å². The highest BCUT2D eigenvalue weighted by atomic mass is 35.5. The van der Waals surface area contributed by atoms with Gasteiger partial charge in [0.1, 0.15) is 6.04 Å². The summed E-state index contributed by atoms with van der Waals surface area (Å²) in [5.41, 5.74) is 1.48. The monoisotopic (exact) mass is 349 g/mol. The van der Waals surface area contributed by atoms with E-state index < -0.39 is 6.04 Å². The topological polar surface area (TPSA) is 69.7 Å². The van der Waals surface area contributed by atoms with Gasteiger partial charge in [0.05, 0.1) is 6.04 Å². The van der Waals surface area contributed by atoms with Crippen molar-refractivity contribution in [2.45, 2.75) is 32.4 Å². The maximum Gasteiger partial charge on any atom is 0.254 e. The Labute approximate surface area is 145 Å². The fourth-order valence-electron chi connectivity index (χ4n) is 3.47. The first-order chi connectivity index (χ1) is 11.4. The molecule has 2 atom stereocenters. The molecule has 2 fully saturated rings.